The van der Waals surface area contributed by atoms with Crippen LogP contribution >= 0.6 is 0 Å². The Balaban J connectivity index is 1.47. The van der Waals surface area contributed by atoms with Gasteiger partial charge in [-0.25, -0.2) is 4.98 Å². The second kappa shape index (κ2) is 8.90. The lowest BCUT2D eigenvalue weighted by Crippen LogP contribution is -2.43. The molecule has 4 N–H and O–H groups in total. The molecule has 3 fully saturated rings. The first-order valence-electron chi connectivity index (χ1n) is 11.0. The number of pyridine rings is 1. The summed E-state index contributed by atoms with van der Waals surface area (Å²) in [6.07, 6.45) is 0.405. The van der Waals surface area contributed by atoms with Gasteiger partial charge in [0.05, 0.1) is 18.9 Å². The molecule has 10 heteroatoms. The number of anilines is 1. The van der Waals surface area contributed by atoms with Crippen LogP contribution < -0.4 is 15.8 Å². The molecule has 3 aliphatic rings. The Hall–Kier alpha value is -2.33. The highest BCUT2D eigenvalue weighted by Gasteiger charge is 2.58. The topological polar surface area (TPSA) is 96.5 Å². The normalized spacial score (nSPS) is 28.5. The third kappa shape index (κ3) is 5.17. The Morgan fingerprint density at radius 1 is 1.31 bits per heavy atom. The van der Waals surface area contributed by atoms with Gasteiger partial charge in [-0.15, -0.1) is 13.2 Å². The molecule has 2 saturated carbocycles. The molecule has 1 saturated heterocycles. The highest BCUT2D eigenvalue weighted by atomic mass is 19.4. The van der Waals surface area contributed by atoms with Crippen LogP contribution in [0.3, 0.4) is 0 Å². The summed E-state index contributed by atoms with van der Waals surface area (Å²) < 4.78 is 47.3. The van der Waals surface area contributed by atoms with E-state index in [1.807, 2.05) is 13.8 Å². The van der Waals surface area contributed by atoms with Gasteiger partial charge in [-0.2, -0.15) is 0 Å². The molecule has 0 bridgehead atoms. The van der Waals surface area contributed by atoms with Crippen molar-refractivity contribution in [3.05, 3.63) is 29.6 Å². The van der Waals surface area contributed by atoms with Crippen molar-refractivity contribution in [1.82, 2.24) is 15.2 Å². The number of aromatic nitrogens is 1. The third-order valence-corrected chi connectivity index (χ3v) is 6.51. The van der Waals surface area contributed by atoms with E-state index in [0.717, 1.165) is 50.9 Å². The Labute approximate surface area is 185 Å². The number of nitrogen functional groups attached to an aromatic ring is 1. The van der Waals surface area contributed by atoms with Gasteiger partial charge in [0.1, 0.15) is 0 Å². The number of rotatable bonds is 7. The minimum Gasteiger partial charge on any atom is -0.402 e. The molecule has 176 valence electrons. The largest absolute Gasteiger partial charge is 0.573 e. The Morgan fingerprint density at radius 2 is 1.97 bits per heavy atom. The Kier molecular flexibility index (Phi) is 6.35. The van der Waals surface area contributed by atoms with Crippen LogP contribution in [-0.4, -0.2) is 60.3 Å². The van der Waals surface area contributed by atoms with Crippen molar-refractivity contribution in [2.45, 2.75) is 45.1 Å². The molecule has 0 aromatic carbocycles. The number of nitrogens with one attached hydrogen (secondary N) is 2. The van der Waals surface area contributed by atoms with Crippen molar-refractivity contribution < 1.29 is 22.6 Å². The third-order valence-electron chi connectivity index (χ3n) is 6.51. The monoisotopic (exact) mass is 453 g/mol. The van der Waals surface area contributed by atoms with Crippen molar-refractivity contribution in [2.24, 2.45) is 17.8 Å². The number of morpholine rings is 1. The molecule has 1 aliphatic heterocycles. The number of nitrogens with zero attached hydrogens (tertiary/aromatic N) is 2. The molecule has 0 radical (unpaired) electrons. The fraction of sp³-hybridized carbons (Fsp3) is 0.636. The number of nitrogens with two attached hydrogens (primary N) is 1. The second-order valence-corrected chi connectivity index (χ2v) is 9.09. The van der Waals surface area contributed by atoms with Gasteiger partial charge in [-0.3, -0.25) is 4.90 Å². The molecule has 4 atom stereocenters. The molecule has 4 rings (SSSR count). The van der Waals surface area contributed by atoms with E-state index in [1.165, 1.54) is 6.20 Å². The summed E-state index contributed by atoms with van der Waals surface area (Å²) in [5, 5.41) is 11.9. The predicted octanol–water partition coefficient (Wildman–Crippen LogP) is 3.17. The number of hydrogen-bond donors (Lipinski definition) is 3. The first-order valence-corrected chi connectivity index (χ1v) is 11.0. The summed E-state index contributed by atoms with van der Waals surface area (Å²) in [5.74, 6) is 0.531. The van der Waals surface area contributed by atoms with Gasteiger partial charge in [0.2, 0.25) is 0 Å². The number of ether oxygens (including phenoxy) is 2. The SMILES string of the molecule is CC(C)N/C(=C\C(=N)c1cnc(N)c(OC(F)(F)F)c1)[C@H]1[C@@H]2CC(N3CCOCC3)C[C@@H]21. The van der Waals surface area contributed by atoms with Crippen LogP contribution in [0, 0.1) is 23.2 Å². The van der Waals surface area contributed by atoms with Crippen LogP contribution in [0.1, 0.15) is 32.3 Å². The van der Waals surface area contributed by atoms with Crippen LogP contribution in [0.15, 0.2) is 24.0 Å². The van der Waals surface area contributed by atoms with Crippen molar-refractivity contribution in [1.29, 1.82) is 5.41 Å². The Morgan fingerprint density at radius 3 is 2.56 bits per heavy atom. The number of alkyl halides is 3. The van der Waals surface area contributed by atoms with Crippen LogP contribution in [0.5, 0.6) is 5.75 Å². The quantitative estimate of drug-likeness (QED) is 0.549. The van der Waals surface area contributed by atoms with Gasteiger partial charge in [-0.05, 0) is 50.7 Å². The van der Waals surface area contributed by atoms with Crippen LogP contribution in [-0.2, 0) is 4.74 Å². The predicted molar refractivity (Wildman–Crippen MR) is 114 cm³/mol. The fourth-order valence-electron chi connectivity index (χ4n) is 5.13. The van der Waals surface area contributed by atoms with E-state index in [9.17, 15) is 13.2 Å². The van der Waals surface area contributed by atoms with E-state index >= 15 is 0 Å². The van der Waals surface area contributed by atoms with E-state index in [0.29, 0.717) is 23.8 Å². The summed E-state index contributed by atoms with van der Waals surface area (Å²) >= 11 is 0. The van der Waals surface area contributed by atoms with E-state index in [1.54, 1.807) is 6.08 Å². The number of fused-ring (bicyclic) bond motifs is 1. The van der Waals surface area contributed by atoms with Gasteiger partial charge in [0, 0.05) is 48.5 Å². The molecule has 1 aromatic rings. The number of hydrogen-bond acceptors (Lipinski definition) is 7. The van der Waals surface area contributed by atoms with E-state index in [2.05, 4.69) is 19.9 Å². The molecule has 1 aromatic heterocycles. The zero-order chi connectivity index (χ0) is 23.0. The van der Waals surface area contributed by atoms with Gasteiger partial charge < -0.3 is 25.9 Å². The van der Waals surface area contributed by atoms with Gasteiger partial charge >= 0.3 is 6.36 Å². The maximum absolute atomic E-state index is 12.6. The highest BCUT2D eigenvalue weighted by Crippen LogP contribution is 2.61. The molecule has 0 spiro atoms. The summed E-state index contributed by atoms with van der Waals surface area (Å²) in [7, 11) is 0. The maximum Gasteiger partial charge on any atom is 0.573 e. The van der Waals surface area contributed by atoms with Gasteiger partial charge in [-0.1, -0.05) is 0 Å². The van der Waals surface area contributed by atoms with Crippen LogP contribution in [0.2, 0.25) is 0 Å². The van der Waals surface area contributed by atoms with Crippen molar-refractivity contribution >= 4 is 11.5 Å². The lowest BCUT2D eigenvalue weighted by Gasteiger charge is -2.33. The molecule has 2 heterocycles. The summed E-state index contributed by atoms with van der Waals surface area (Å²) in [6, 6.07) is 1.89. The fourth-order valence-corrected chi connectivity index (χ4v) is 5.13. The van der Waals surface area contributed by atoms with Gasteiger partial charge in [0.15, 0.2) is 11.6 Å². The molecule has 32 heavy (non-hydrogen) atoms. The minimum atomic E-state index is -4.88. The molecule has 7 nitrogen and oxygen atoms in total. The van der Waals surface area contributed by atoms with Crippen molar-refractivity contribution in [2.75, 3.05) is 32.0 Å². The summed E-state index contributed by atoms with van der Waals surface area (Å²) in [4.78, 5) is 6.30. The van der Waals surface area contributed by atoms with Crippen LogP contribution in [0.25, 0.3) is 0 Å². The van der Waals surface area contributed by atoms with Crippen LogP contribution in [0.4, 0.5) is 19.0 Å². The van der Waals surface area contributed by atoms with E-state index in [-0.39, 0.29) is 23.1 Å². The minimum absolute atomic E-state index is 0.0716. The molecule has 0 amide bonds. The average Bonchev–Trinajstić information content (AvgIpc) is 3.21. The molecular formula is C22H30F3N5O2. The zero-order valence-corrected chi connectivity index (χ0v) is 18.3. The zero-order valence-electron chi connectivity index (χ0n) is 18.3. The van der Waals surface area contributed by atoms with Crippen molar-refractivity contribution in [3.63, 3.8) is 0 Å². The molecular weight excluding hydrogens is 423 g/mol. The first kappa shape index (κ1) is 22.8. The Bertz CT molecular complexity index is 871. The van der Waals surface area contributed by atoms with Crippen molar-refractivity contribution in [3.8, 4) is 5.75 Å². The average molecular weight is 454 g/mol. The maximum atomic E-state index is 12.6. The first-order chi connectivity index (χ1) is 15.1. The lowest BCUT2D eigenvalue weighted by atomic mass is 10.0. The lowest BCUT2D eigenvalue weighted by molar-refractivity contribution is -0.274. The van der Waals surface area contributed by atoms with Gasteiger partial charge in [0.25, 0.3) is 0 Å². The summed E-state index contributed by atoms with van der Waals surface area (Å²) in [6.45, 7) is 7.63. The molecule has 1 unspecified atom stereocenters. The molecule has 2 aliphatic carbocycles. The standard InChI is InChI=1S/C22H30F3N5O2/c1-12(2)29-18(20-15-8-14(9-16(15)20)30-3-5-31-6-4-30)10-17(26)13-7-19(21(27)28-11-13)32-22(23,24)25/h7,10-12,14-16,20,26,29H,3-6,8-9H2,1-2H3,(H2,27,28)/b18-10-,26-17?/t14?,15-,16+,20+. The second-order valence-electron chi connectivity index (χ2n) is 9.09. The highest BCUT2D eigenvalue weighted by molar-refractivity contribution is 6.07. The summed E-state index contributed by atoms with van der Waals surface area (Å²) in [5.41, 5.74) is 6.77. The number of halogens is 3. The number of allylic oxidation sites excluding steroid dienone is 2. The van der Waals surface area contributed by atoms with E-state index in [4.69, 9.17) is 15.9 Å². The van der Waals surface area contributed by atoms with E-state index < -0.39 is 12.1 Å². The smallest absolute Gasteiger partial charge is 0.402 e.